The summed E-state index contributed by atoms with van der Waals surface area (Å²) in [5.74, 6) is -1.59. The average Bonchev–Trinajstić information content (AvgIpc) is 2.36. The van der Waals surface area contributed by atoms with Crippen molar-refractivity contribution in [2.45, 2.75) is 19.4 Å². The summed E-state index contributed by atoms with van der Waals surface area (Å²) in [5.41, 5.74) is 0.747. The normalized spacial score (nSPS) is 12.5. The highest BCUT2D eigenvalue weighted by Crippen LogP contribution is 2.23. The first-order chi connectivity index (χ1) is 8.97. The molecule has 1 atom stereocenters. The van der Waals surface area contributed by atoms with Gasteiger partial charge in [0.25, 0.3) is 0 Å². The lowest BCUT2D eigenvalue weighted by Crippen LogP contribution is -2.06. The van der Waals surface area contributed by atoms with E-state index in [-0.39, 0.29) is 23.4 Å². The maximum atomic E-state index is 13.7. The molecule has 1 nitrogen and oxygen atoms in total. The summed E-state index contributed by atoms with van der Waals surface area (Å²) in [6, 6.07) is 7.57. The van der Waals surface area contributed by atoms with Crippen molar-refractivity contribution in [3.05, 3.63) is 70.5 Å². The third-order valence-corrected chi connectivity index (χ3v) is 2.98. The standard InChI is InChI=1S/C15H13F3O/c1-9-6-14(18)12(8-13(9)17)15(19)7-10-2-4-11(16)5-3-10/h2-6,8,15,19H,7H2,1H3. The van der Waals surface area contributed by atoms with Crippen LogP contribution in [0.2, 0.25) is 0 Å². The molecule has 0 heterocycles. The zero-order valence-electron chi connectivity index (χ0n) is 10.3. The van der Waals surface area contributed by atoms with Gasteiger partial charge in [-0.1, -0.05) is 12.1 Å². The zero-order valence-corrected chi connectivity index (χ0v) is 10.3. The summed E-state index contributed by atoms with van der Waals surface area (Å²) >= 11 is 0. The first-order valence-corrected chi connectivity index (χ1v) is 5.85. The minimum absolute atomic E-state index is 0.0903. The molecule has 0 aromatic heterocycles. The highest BCUT2D eigenvalue weighted by atomic mass is 19.1. The summed E-state index contributed by atoms with van der Waals surface area (Å²) in [6.45, 7) is 1.45. The number of hydrogen-bond acceptors (Lipinski definition) is 1. The number of rotatable bonds is 3. The van der Waals surface area contributed by atoms with Gasteiger partial charge < -0.3 is 5.11 Å². The molecule has 0 saturated heterocycles. The first-order valence-electron chi connectivity index (χ1n) is 5.85. The Bertz CT molecular complexity index is 579. The van der Waals surface area contributed by atoms with Crippen molar-refractivity contribution in [2.75, 3.05) is 0 Å². The van der Waals surface area contributed by atoms with Gasteiger partial charge in [-0.2, -0.15) is 0 Å². The third-order valence-electron chi connectivity index (χ3n) is 2.98. The number of aliphatic hydroxyl groups is 1. The SMILES string of the molecule is Cc1cc(F)c(C(O)Cc2ccc(F)cc2)cc1F. The fourth-order valence-electron chi connectivity index (χ4n) is 1.87. The minimum atomic E-state index is -1.17. The number of hydrogen-bond donors (Lipinski definition) is 1. The smallest absolute Gasteiger partial charge is 0.129 e. The second kappa shape index (κ2) is 5.45. The summed E-state index contributed by atoms with van der Waals surface area (Å²) < 4.78 is 39.8. The number of aliphatic hydroxyl groups excluding tert-OH is 1. The molecule has 2 aromatic rings. The summed E-state index contributed by atoms with van der Waals surface area (Å²) in [7, 11) is 0. The zero-order chi connectivity index (χ0) is 14.0. The molecule has 100 valence electrons. The summed E-state index contributed by atoms with van der Waals surface area (Å²) in [6.07, 6.45) is -1.07. The number of benzene rings is 2. The van der Waals surface area contributed by atoms with Gasteiger partial charge in [-0.25, -0.2) is 13.2 Å². The molecular weight excluding hydrogens is 253 g/mol. The maximum absolute atomic E-state index is 13.7. The average molecular weight is 266 g/mol. The van der Waals surface area contributed by atoms with Crippen LogP contribution in [0.5, 0.6) is 0 Å². The topological polar surface area (TPSA) is 20.2 Å². The van der Waals surface area contributed by atoms with Crippen molar-refractivity contribution in [1.82, 2.24) is 0 Å². The van der Waals surface area contributed by atoms with Gasteiger partial charge in [0, 0.05) is 12.0 Å². The maximum Gasteiger partial charge on any atom is 0.129 e. The first kappa shape index (κ1) is 13.6. The van der Waals surface area contributed by atoms with E-state index in [1.807, 2.05) is 0 Å². The van der Waals surface area contributed by atoms with Crippen molar-refractivity contribution >= 4 is 0 Å². The second-order valence-corrected chi connectivity index (χ2v) is 4.47. The Morgan fingerprint density at radius 1 is 1.00 bits per heavy atom. The van der Waals surface area contributed by atoms with Crippen molar-refractivity contribution in [3.63, 3.8) is 0 Å². The van der Waals surface area contributed by atoms with Crippen LogP contribution in [-0.2, 0) is 6.42 Å². The predicted octanol–water partition coefficient (Wildman–Crippen LogP) is 3.69. The highest BCUT2D eigenvalue weighted by Gasteiger charge is 2.16. The Morgan fingerprint density at radius 2 is 1.63 bits per heavy atom. The van der Waals surface area contributed by atoms with E-state index in [0.717, 1.165) is 12.1 Å². The van der Waals surface area contributed by atoms with Crippen molar-refractivity contribution < 1.29 is 18.3 Å². The molecule has 2 aromatic carbocycles. The lowest BCUT2D eigenvalue weighted by atomic mass is 9.99. The van der Waals surface area contributed by atoms with E-state index >= 15 is 0 Å². The van der Waals surface area contributed by atoms with Gasteiger partial charge in [0.1, 0.15) is 17.5 Å². The third kappa shape index (κ3) is 3.15. The van der Waals surface area contributed by atoms with Crippen LogP contribution in [0.15, 0.2) is 36.4 Å². The van der Waals surface area contributed by atoms with Crippen LogP contribution >= 0.6 is 0 Å². The molecule has 0 aliphatic heterocycles. The van der Waals surface area contributed by atoms with Crippen LogP contribution in [-0.4, -0.2) is 5.11 Å². The molecular formula is C15H13F3O. The van der Waals surface area contributed by atoms with Crippen LogP contribution in [0.1, 0.15) is 22.8 Å². The Morgan fingerprint density at radius 3 is 2.26 bits per heavy atom. The van der Waals surface area contributed by atoms with Gasteiger partial charge >= 0.3 is 0 Å². The van der Waals surface area contributed by atoms with Crippen LogP contribution in [0.4, 0.5) is 13.2 Å². The van der Waals surface area contributed by atoms with Crippen LogP contribution in [0.25, 0.3) is 0 Å². The molecule has 0 aliphatic rings. The Hall–Kier alpha value is -1.81. The molecule has 0 spiro atoms. The fourth-order valence-corrected chi connectivity index (χ4v) is 1.87. The predicted molar refractivity (Wildman–Crippen MR) is 66.2 cm³/mol. The lowest BCUT2D eigenvalue weighted by Gasteiger charge is -2.13. The van der Waals surface area contributed by atoms with E-state index in [1.165, 1.54) is 31.2 Å². The van der Waals surface area contributed by atoms with Crippen LogP contribution < -0.4 is 0 Å². The molecule has 4 heteroatoms. The Labute approximate surface area is 109 Å². The molecule has 0 amide bonds. The fraction of sp³-hybridized carbons (Fsp3) is 0.200. The molecule has 0 radical (unpaired) electrons. The largest absolute Gasteiger partial charge is 0.388 e. The lowest BCUT2D eigenvalue weighted by molar-refractivity contribution is 0.173. The number of halogens is 3. The van der Waals surface area contributed by atoms with Gasteiger partial charge in [0.05, 0.1) is 6.10 Å². The number of aryl methyl sites for hydroxylation is 1. The molecule has 0 bridgehead atoms. The van der Waals surface area contributed by atoms with Gasteiger partial charge in [-0.05, 0) is 42.3 Å². The molecule has 1 unspecified atom stereocenters. The van der Waals surface area contributed by atoms with Crippen LogP contribution in [0.3, 0.4) is 0 Å². The second-order valence-electron chi connectivity index (χ2n) is 4.47. The minimum Gasteiger partial charge on any atom is -0.388 e. The van der Waals surface area contributed by atoms with E-state index in [1.54, 1.807) is 0 Å². The highest BCUT2D eigenvalue weighted by molar-refractivity contribution is 5.28. The van der Waals surface area contributed by atoms with Crippen molar-refractivity contribution in [1.29, 1.82) is 0 Å². The van der Waals surface area contributed by atoms with Gasteiger partial charge in [-0.15, -0.1) is 0 Å². The quantitative estimate of drug-likeness (QED) is 0.898. The molecule has 1 N–H and O–H groups in total. The Balaban J connectivity index is 2.22. The molecule has 0 aliphatic carbocycles. The Kier molecular flexibility index (Phi) is 3.90. The molecule has 0 fully saturated rings. The molecule has 0 saturated carbocycles. The molecule has 19 heavy (non-hydrogen) atoms. The van der Waals surface area contributed by atoms with E-state index < -0.39 is 17.7 Å². The summed E-state index contributed by atoms with van der Waals surface area (Å²) in [4.78, 5) is 0. The van der Waals surface area contributed by atoms with Gasteiger partial charge in [-0.3, -0.25) is 0 Å². The summed E-state index contributed by atoms with van der Waals surface area (Å²) in [5, 5.41) is 9.94. The molecule has 2 rings (SSSR count). The van der Waals surface area contributed by atoms with E-state index in [2.05, 4.69) is 0 Å². The van der Waals surface area contributed by atoms with E-state index in [4.69, 9.17) is 0 Å². The van der Waals surface area contributed by atoms with Crippen LogP contribution in [0, 0.1) is 24.4 Å². The van der Waals surface area contributed by atoms with Gasteiger partial charge in [0.15, 0.2) is 0 Å². The van der Waals surface area contributed by atoms with Crippen molar-refractivity contribution in [3.8, 4) is 0 Å². The van der Waals surface area contributed by atoms with Crippen molar-refractivity contribution in [2.24, 2.45) is 0 Å². The van der Waals surface area contributed by atoms with E-state index in [0.29, 0.717) is 5.56 Å². The monoisotopic (exact) mass is 266 g/mol. The van der Waals surface area contributed by atoms with Gasteiger partial charge in [0.2, 0.25) is 0 Å². The van der Waals surface area contributed by atoms with E-state index in [9.17, 15) is 18.3 Å².